The number of nitrogens with zero attached hydrogens (tertiary/aromatic N) is 1. The van der Waals surface area contributed by atoms with Gasteiger partial charge in [-0.15, -0.1) is 11.8 Å². The van der Waals surface area contributed by atoms with E-state index in [0.29, 0.717) is 12.1 Å². The minimum atomic E-state index is -3.42. The number of benzene rings is 2. The van der Waals surface area contributed by atoms with E-state index in [1.165, 1.54) is 18.2 Å². The summed E-state index contributed by atoms with van der Waals surface area (Å²) in [5, 5.41) is 8.75. The van der Waals surface area contributed by atoms with E-state index in [4.69, 9.17) is 0 Å². The van der Waals surface area contributed by atoms with E-state index in [2.05, 4.69) is 0 Å². The fourth-order valence-electron chi connectivity index (χ4n) is 3.06. The Morgan fingerprint density at radius 3 is 2.42 bits per heavy atom. The largest absolute Gasteiger partial charge is 0.478 e. The van der Waals surface area contributed by atoms with Gasteiger partial charge in [0.15, 0.2) is 11.6 Å². The average molecular weight is 455 g/mol. The Labute approximate surface area is 179 Å². The van der Waals surface area contributed by atoms with E-state index >= 15 is 0 Å². The molecule has 0 saturated heterocycles. The van der Waals surface area contributed by atoms with Crippen LogP contribution < -0.4 is 0 Å². The number of rotatable bonds is 8. The molecule has 164 valence electrons. The summed E-state index contributed by atoms with van der Waals surface area (Å²) in [4.78, 5) is 13.3. The predicted octanol–water partition coefficient (Wildman–Crippen LogP) is 5.69. The molecule has 1 N–H and O–H groups in total. The van der Waals surface area contributed by atoms with Gasteiger partial charge in [-0.25, -0.2) is 26.7 Å². The van der Waals surface area contributed by atoms with Crippen LogP contribution in [0.4, 0.5) is 22.0 Å². The number of thioether (sulfide) groups is 1. The highest BCUT2D eigenvalue weighted by Gasteiger charge is 2.34. The molecule has 1 unspecified atom stereocenters. The van der Waals surface area contributed by atoms with Crippen LogP contribution >= 0.6 is 11.8 Å². The smallest absolute Gasteiger partial charge is 0.334 e. The Morgan fingerprint density at radius 1 is 1.06 bits per heavy atom. The lowest BCUT2D eigenvalue weighted by atomic mass is 10.1. The standard InChI is InChI=1S/C22H18F5NO2S/c23-16-6-3-14(4-7-16)13-28-10-1-2-17(21(29)30)20(28)31-11-9-22(26,27)15-5-8-18(24)19(25)12-15/h1-8,10,12,20H,9,11,13H2,(H,29,30). The fraction of sp³-hybridized carbons (Fsp3) is 0.227. The minimum Gasteiger partial charge on any atom is -0.478 e. The Kier molecular flexibility index (Phi) is 7.04. The third kappa shape index (κ3) is 5.66. The van der Waals surface area contributed by atoms with Gasteiger partial charge in [0.25, 0.3) is 5.92 Å². The normalized spacial score (nSPS) is 16.4. The summed E-state index contributed by atoms with van der Waals surface area (Å²) in [6, 6.07) is 7.61. The summed E-state index contributed by atoms with van der Waals surface area (Å²) in [5.74, 6) is -7.72. The number of carboxylic acids is 1. The molecule has 3 rings (SSSR count). The number of carbonyl (C=O) groups is 1. The zero-order chi connectivity index (χ0) is 22.6. The van der Waals surface area contributed by atoms with E-state index in [1.807, 2.05) is 0 Å². The molecule has 1 atom stereocenters. The Morgan fingerprint density at radius 2 is 1.77 bits per heavy atom. The van der Waals surface area contributed by atoms with Gasteiger partial charge < -0.3 is 10.0 Å². The first-order valence-electron chi connectivity index (χ1n) is 9.24. The molecular weight excluding hydrogens is 437 g/mol. The van der Waals surface area contributed by atoms with Crippen LogP contribution in [0.5, 0.6) is 0 Å². The second-order valence-corrected chi connectivity index (χ2v) is 8.06. The summed E-state index contributed by atoms with van der Waals surface area (Å²) in [6.07, 6.45) is 3.88. The molecule has 3 nitrogen and oxygen atoms in total. The second kappa shape index (κ2) is 9.55. The first-order chi connectivity index (χ1) is 14.7. The lowest BCUT2D eigenvalue weighted by Gasteiger charge is -2.33. The van der Waals surface area contributed by atoms with Crippen molar-refractivity contribution in [3.8, 4) is 0 Å². The van der Waals surface area contributed by atoms with Gasteiger partial charge in [0.2, 0.25) is 0 Å². The van der Waals surface area contributed by atoms with E-state index in [1.54, 1.807) is 29.3 Å². The van der Waals surface area contributed by atoms with Crippen LogP contribution in [0.1, 0.15) is 17.5 Å². The Balaban J connectivity index is 1.71. The molecule has 1 heterocycles. The third-order valence-electron chi connectivity index (χ3n) is 4.68. The van der Waals surface area contributed by atoms with Crippen LogP contribution in [0.2, 0.25) is 0 Å². The minimum absolute atomic E-state index is 0.0192. The lowest BCUT2D eigenvalue weighted by molar-refractivity contribution is -0.133. The van der Waals surface area contributed by atoms with Gasteiger partial charge in [0.05, 0.1) is 5.57 Å². The van der Waals surface area contributed by atoms with E-state index in [-0.39, 0.29) is 17.9 Å². The van der Waals surface area contributed by atoms with Crippen molar-refractivity contribution in [2.24, 2.45) is 0 Å². The molecule has 9 heteroatoms. The molecule has 0 radical (unpaired) electrons. The number of alkyl halides is 2. The molecule has 1 aliphatic rings. The van der Waals surface area contributed by atoms with E-state index in [0.717, 1.165) is 23.4 Å². The molecule has 0 aliphatic carbocycles. The summed E-state index contributed by atoms with van der Waals surface area (Å²) >= 11 is 0.997. The zero-order valence-corrected chi connectivity index (χ0v) is 16.9. The highest BCUT2D eigenvalue weighted by molar-refractivity contribution is 8.00. The average Bonchev–Trinajstić information content (AvgIpc) is 2.72. The van der Waals surface area contributed by atoms with Crippen molar-refractivity contribution in [3.63, 3.8) is 0 Å². The zero-order valence-electron chi connectivity index (χ0n) is 16.1. The molecule has 31 heavy (non-hydrogen) atoms. The second-order valence-electron chi connectivity index (χ2n) is 6.87. The molecule has 0 fully saturated rings. The highest BCUT2D eigenvalue weighted by atomic mass is 32.2. The number of hydrogen-bond acceptors (Lipinski definition) is 3. The van der Waals surface area contributed by atoms with Gasteiger partial charge >= 0.3 is 5.97 Å². The monoisotopic (exact) mass is 455 g/mol. The van der Waals surface area contributed by atoms with Crippen molar-refractivity contribution in [1.82, 2.24) is 4.90 Å². The van der Waals surface area contributed by atoms with Crippen molar-refractivity contribution < 1.29 is 31.9 Å². The topological polar surface area (TPSA) is 40.5 Å². The van der Waals surface area contributed by atoms with Crippen LogP contribution in [-0.2, 0) is 17.3 Å². The van der Waals surface area contributed by atoms with Gasteiger partial charge in [-0.2, -0.15) is 0 Å². The predicted molar refractivity (Wildman–Crippen MR) is 108 cm³/mol. The maximum Gasteiger partial charge on any atom is 0.334 e. The number of hydrogen-bond donors (Lipinski definition) is 1. The molecule has 0 saturated carbocycles. The van der Waals surface area contributed by atoms with Crippen molar-refractivity contribution >= 4 is 17.7 Å². The maximum absolute atomic E-state index is 14.5. The van der Waals surface area contributed by atoms with Crippen molar-refractivity contribution in [3.05, 3.63) is 95.0 Å². The number of carboxylic acid groups (broad SMARTS) is 1. The highest BCUT2D eigenvalue weighted by Crippen LogP contribution is 2.36. The molecule has 2 aromatic rings. The van der Waals surface area contributed by atoms with Gasteiger partial charge in [0, 0.05) is 30.5 Å². The molecule has 0 amide bonds. The number of allylic oxidation sites excluding steroid dienone is 2. The summed E-state index contributed by atoms with van der Waals surface area (Å²) < 4.78 is 68.4. The lowest BCUT2D eigenvalue weighted by Crippen LogP contribution is -2.34. The van der Waals surface area contributed by atoms with Gasteiger partial charge in [0.1, 0.15) is 11.2 Å². The summed E-state index contributed by atoms with van der Waals surface area (Å²) in [6.45, 7) is 0.249. The maximum atomic E-state index is 14.5. The van der Waals surface area contributed by atoms with Gasteiger partial charge in [-0.3, -0.25) is 0 Å². The first-order valence-corrected chi connectivity index (χ1v) is 10.3. The Bertz CT molecular complexity index is 1010. The summed E-state index contributed by atoms with van der Waals surface area (Å²) in [7, 11) is 0. The van der Waals surface area contributed by atoms with Crippen molar-refractivity contribution in [2.45, 2.75) is 24.3 Å². The fourth-order valence-corrected chi connectivity index (χ4v) is 4.35. The quantitative estimate of drug-likeness (QED) is 0.520. The molecule has 0 spiro atoms. The van der Waals surface area contributed by atoms with Crippen LogP contribution in [0.3, 0.4) is 0 Å². The van der Waals surface area contributed by atoms with E-state index < -0.39 is 46.7 Å². The molecule has 1 aliphatic heterocycles. The molecular formula is C22H18F5NO2S. The van der Waals surface area contributed by atoms with Gasteiger partial charge in [-0.05, 0) is 48.0 Å². The number of aliphatic carboxylic acids is 1. The van der Waals surface area contributed by atoms with Crippen molar-refractivity contribution in [2.75, 3.05) is 5.75 Å². The third-order valence-corrected chi connectivity index (χ3v) is 5.96. The van der Waals surface area contributed by atoms with E-state index in [9.17, 15) is 31.9 Å². The van der Waals surface area contributed by atoms with Gasteiger partial charge in [-0.1, -0.05) is 12.1 Å². The Hall–Kier alpha value is -2.81. The van der Waals surface area contributed by atoms with Crippen LogP contribution in [0.25, 0.3) is 0 Å². The van der Waals surface area contributed by atoms with Crippen LogP contribution in [-0.4, -0.2) is 27.1 Å². The first kappa shape index (κ1) is 22.9. The number of halogens is 5. The van der Waals surface area contributed by atoms with Crippen molar-refractivity contribution in [1.29, 1.82) is 0 Å². The molecule has 0 aromatic heterocycles. The van der Waals surface area contributed by atoms with Crippen LogP contribution in [0, 0.1) is 17.5 Å². The SMILES string of the molecule is O=C(O)C1=CC=CN(Cc2ccc(F)cc2)C1SCCC(F)(F)c1ccc(F)c(F)c1. The molecule has 2 aromatic carbocycles. The van der Waals surface area contributed by atoms with Crippen LogP contribution in [0.15, 0.2) is 66.4 Å². The molecule has 0 bridgehead atoms. The summed E-state index contributed by atoms with van der Waals surface area (Å²) in [5.41, 5.74) is 0.0915.